The van der Waals surface area contributed by atoms with Crippen LogP contribution in [0, 0.1) is 0 Å². The Kier molecular flexibility index (Phi) is 3.77. The maximum Gasteiger partial charge on any atom is 0.314 e. The zero-order chi connectivity index (χ0) is 14.7. The van der Waals surface area contributed by atoms with Gasteiger partial charge < -0.3 is 15.4 Å². The molecule has 0 aliphatic carbocycles. The van der Waals surface area contributed by atoms with Crippen molar-refractivity contribution in [2.75, 3.05) is 13.7 Å². The van der Waals surface area contributed by atoms with E-state index >= 15 is 0 Å². The number of fused-ring (bicyclic) bond motifs is 1. The third-order valence-corrected chi connectivity index (χ3v) is 3.66. The third kappa shape index (κ3) is 2.99. The molecule has 0 saturated carbocycles. The van der Waals surface area contributed by atoms with Crippen molar-refractivity contribution in [2.24, 2.45) is 0 Å². The quantitative estimate of drug-likeness (QED) is 0.909. The topological polar surface area (TPSA) is 50.4 Å². The molecule has 0 atom stereocenters. The van der Waals surface area contributed by atoms with Gasteiger partial charge in [-0.25, -0.2) is 4.79 Å². The normalized spacial score (nSPS) is 12.4. The standard InChI is InChI=1S/C17H18N2O2/c1-18-17(20)19-11-12-2-4-13(5-3-12)14-6-7-16-15(10-14)8-9-21-16/h2-7,10H,8-9,11H2,1H3,(H2,18,19,20). The first-order valence-corrected chi connectivity index (χ1v) is 7.07. The van der Waals surface area contributed by atoms with E-state index in [-0.39, 0.29) is 6.03 Å². The summed E-state index contributed by atoms with van der Waals surface area (Å²) in [5.74, 6) is 1.00. The van der Waals surface area contributed by atoms with E-state index in [1.54, 1.807) is 7.05 Å². The monoisotopic (exact) mass is 282 g/mol. The van der Waals surface area contributed by atoms with Gasteiger partial charge in [0.05, 0.1) is 6.61 Å². The molecule has 0 unspecified atom stereocenters. The maximum absolute atomic E-state index is 11.1. The summed E-state index contributed by atoms with van der Waals surface area (Å²) < 4.78 is 5.53. The first-order valence-electron chi connectivity index (χ1n) is 7.07. The number of carbonyl (C=O) groups excluding carboxylic acids is 1. The predicted molar refractivity (Wildman–Crippen MR) is 82.4 cm³/mol. The summed E-state index contributed by atoms with van der Waals surface area (Å²) in [4.78, 5) is 11.1. The molecule has 21 heavy (non-hydrogen) atoms. The molecule has 1 aliphatic heterocycles. The first kappa shape index (κ1) is 13.5. The highest BCUT2D eigenvalue weighted by molar-refractivity contribution is 5.73. The van der Waals surface area contributed by atoms with Crippen LogP contribution < -0.4 is 15.4 Å². The summed E-state index contributed by atoms with van der Waals surface area (Å²) >= 11 is 0. The SMILES string of the molecule is CNC(=O)NCc1ccc(-c2ccc3c(c2)CCO3)cc1. The lowest BCUT2D eigenvalue weighted by Gasteiger charge is -2.07. The zero-order valence-electron chi connectivity index (χ0n) is 12.0. The Morgan fingerprint density at radius 3 is 2.67 bits per heavy atom. The van der Waals surface area contributed by atoms with Gasteiger partial charge in [0.25, 0.3) is 0 Å². The molecule has 4 nitrogen and oxygen atoms in total. The molecule has 3 rings (SSSR count). The van der Waals surface area contributed by atoms with E-state index in [0.29, 0.717) is 6.54 Å². The molecule has 4 heteroatoms. The number of nitrogens with one attached hydrogen (secondary N) is 2. The van der Waals surface area contributed by atoms with E-state index in [9.17, 15) is 4.79 Å². The fourth-order valence-electron chi connectivity index (χ4n) is 2.45. The summed E-state index contributed by atoms with van der Waals surface area (Å²) in [6, 6.07) is 14.4. The van der Waals surface area contributed by atoms with Crippen LogP contribution >= 0.6 is 0 Å². The minimum absolute atomic E-state index is 0.169. The van der Waals surface area contributed by atoms with Gasteiger partial charge >= 0.3 is 6.03 Å². The Bertz CT molecular complexity index is 650. The van der Waals surface area contributed by atoms with E-state index < -0.39 is 0 Å². The number of ether oxygens (including phenoxy) is 1. The molecule has 2 aromatic carbocycles. The van der Waals surface area contributed by atoms with Crippen molar-refractivity contribution in [1.82, 2.24) is 10.6 Å². The molecule has 2 aromatic rings. The number of rotatable bonds is 3. The average molecular weight is 282 g/mol. The molecule has 1 aliphatic rings. The van der Waals surface area contributed by atoms with Crippen molar-refractivity contribution in [3.8, 4) is 16.9 Å². The van der Waals surface area contributed by atoms with Gasteiger partial charge in [0.2, 0.25) is 0 Å². The molecular weight excluding hydrogens is 264 g/mol. The first-order chi connectivity index (χ1) is 10.3. The molecule has 1 heterocycles. The maximum atomic E-state index is 11.1. The number of hydrogen-bond acceptors (Lipinski definition) is 2. The number of urea groups is 1. The van der Waals surface area contributed by atoms with Crippen molar-refractivity contribution >= 4 is 6.03 Å². The predicted octanol–water partition coefficient (Wildman–Crippen LogP) is 2.72. The number of hydrogen-bond donors (Lipinski definition) is 2. The van der Waals surface area contributed by atoms with Crippen molar-refractivity contribution in [2.45, 2.75) is 13.0 Å². The Morgan fingerprint density at radius 1 is 1.14 bits per heavy atom. The zero-order valence-corrected chi connectivity index (χ0v) is 12.0. The molecular formula is C17H18N2O2. The van der Waals surface area contributed by atoms with Crippen LogP contribution in [0.1, 0.15) is 11.1 Å². The molecule has 108 valence electrons. The second-order valence-corrected chi connectivity index (χ2v) is 5.05. The number of carbonyl (C=O) groups is 1. The van der Waals surface area contributed by atoms with Crippen LogP contribution in [0.15, 0.2) is 42.5 Å². The average Bonchev–Trinajstić information content (AvgIpc) is 3.00. The summed E-state index contributed by atoms with van der Waals surface area (Å²) in [5, 5.41) is 5.31. The molecule has 2 N–H and O–H groups in total. The van der Waals surface area contributed by atoms with Crippen LogP contribution in [0.25, 0.3) is 11.1 Å². The second-order valence-electron chi connectivity index (χ2n) is 5.05. The van der Waals surface area contributed by atoms with Crippen molar-refractivity contribution in [3.63, 3.8) is 0 Å². The smallest absolute Gasteiger partial charge is 0.314 e. The lowest BCUT2D eigenvalue weighted by molar-refractivity contribution is 0.242. The highest BCUT2D eigenvalue weighted by Crippen LogP contribution is 2.30. The van der Waals surface area contributed by atoms with Crippen LogP contribution in [0.4, 0.5) is 4.79 Å². The lowest BCUT2D eigenvalue weighted by atomic mass is 10.0. The third-order valence-electron chi connectivity index (χ3n) is 3.66. The molecule has 0 fully saturated rings. The van der Waals surface area contributed by atoms with Crippen LogP contribution in [-0.2, 0) is 13.0 Å². The Labute approximate surface area is 124 Å². The highest BCUT2D eigenvalue weighted by Gasteiger charge is 2.12. The molecule has 0 spiro atoms. The van der Waals surface area contributed by atoms with Gasteiger partial charge in [-0.3, -0.25) is 0 Å². The van der Waals surface area contributed by atoms with E-state index in [4.69, 9.17) is 4.74 Å². The van der Waals surface area contributed by atoms with E-state index in [0.717, 1.165) is 24.3 Å². The van der Waals surface area contributed by atoms with Crippen molar-refractivity contribution in [3.05, 3.63) is 53.6 Å². The minimum atomic E-state index is -0.169. The Morgan fingerprint density at radius 2 is 1.90 bits per heavy atom. The Balaban J connectivity index is 1.73. The fourth-order valence-corrected chi connectivity index (χ4v) is 2.45. The molecule has 0 bridgehead atoms. The molecule has 0 aromatic heterocycles. The van der Waals surface area contributed by atoms with Crippen LogP contribution in [-0.4, -0.2) is 19.7 Å². The van der Waals surface area contributed by atoms with E-state index in [1.807, 2.05) is 18.2 Å². The molecule has 0 radical (unpaired) electrons. The number of amides is 2. The van der Waals surface area contributed by atoms with Crippen molar-refractivity contribution in [1.29, 1.82) is 0 Å². The summed E-state index contributed by atoms with van der Waals surface area (Å²) in [6.07, 6.45) is 0.983. The van der Waals surface area contributed by atoms with Gasteiger partial charge in [-0.05, 0) is 34.4 Å². The largest absolute Gasteiger partial charge is 0.493 e. The fraction of sp³-hybridized carbons (Fsp3) is 0.235. The van der Waals surface area contributed by atoms with Crippen LogP contribution in [0.3, 0.4) is 0 Å². The minimum Gasteiger partial charge on any atom is -0.493 e. The van der Waals surface area contributed by atoms with E-state index in [2.05, 4.69) is 34.9 Å². The van der Waals surface area contributed by atoms with Gasteiger partial charge in [-0.15, -0.1) is 0 Å². The van der Waals surface area contributed by atoms with Crippen molar-refractivity contribution < 1.29 is 9.53 Å². The van der Waals surface area contributed by atoms with Gasteiger partial charge in [-0.1, -0.05) is 30.3 Å². The van der Waals surface area contributed by atoms with E-state index in [1.165, 1.54) is 16.7 Å². The van der Waals surface area contributed by atoms with Crippen LogP contribution in [0.2, 0.25) is 0 Å². The summed E-state index contributed by atoms with van der Waals surface area (Å²) in [7, 11) is 1.61. The van der Waals surface area contributed by atoms with Gasteiger partial charge in [0.15, 0.2) is 0 Å². The highest BCUT2D eigenvalue weighted by atomic mass is 16.5. The lowest BCUT2D eigenvalue weighted by Crippen LogP contribution is -2.32. The molecule has 0 saturated heterocycles. The molecule has 2 amide bonds. The van der Waals surface area contributed by atoms with Gasteiger partial charge in [0, 0.05) is 20.0 Å². The summed E-state index contributed by atoms with van der Waals surface area (Å²) in [5.41, 5.74) is 4.73. The van der Waals surface area contributed by atoms with Gasteiger partial charge in [0.1, 0.15) is 5.75 Å². The Hall–Kier alpha value is -2.49. The van der Waals surface area contributed by atoms with Crippen LogP contribution in [0.5, 0.6) is 5.75 Å². The number of benzene rings is 2. The van der Waals surface area contributed by atoms with Gasteiger partial charge in [-0.2, -0.15) is 0 Å². The summed E-state index contributed by atoms with van der Waals surface area (Å²) in [6.45, 7) is 1.31. The second kappa shape index (κ2) is 5.87.